The van der Waals surface area contributed by atoms with E-state index >= 15 is 0 Å². The maximum Gasteiger partial charge on any atom is 0.224 e. The summed E-state index contributed by atoms with van der Waals surface area (Å²) >= 11 is 1.49. The van der Waals surface area contributed by atoms with E-state index in [1.165, 1.54) is 23.5 Å². The van der Waals surface area contributed by atoms with Gasteiger partial charge in [-0.25, -0.2) is 9.37 Å². The number of benzene rings is 1. The number of piperidine rings is 1. The fraction of sp³-hybridized carbons (Fsp3) is 0.467. The van der Waals surface area contributed by atoms with Crippen molar-refractivity contribution < 1.29 is 9.18 Å². The van der Waals surface area contributed by atoms with Crippen LogP contribution >= 0.6 is 11.3 Å². The Morgan fingerprint density at radius 3 is 3.24 bits per heavy atom. The van der Waals surface area contributed by atoms with E-state index in [9.17, 15) is 9.18 Å². The molecule has 1 aromatic heterocycles. The molecule has 1 fully saturated rings. The van der Waals surface area contributed by atoms with Gasteiger partial charge in [0.2, 0.25) is 5.91 Å². The predicted octanol–water partition coefficient (Wildman–Crippen LogP) is 2.79. The SMILES string of the molecule is CCNC(=O)C1CCCN(c2nc3ccc(F)cc3s2)C1. The molecule has 1 saturated heterocycles. The van der Waals surface area contributed by atoms with Gasteiger partial charge >= 0.3 is 0 Å². The van der Waals surface area contributed by atoms with Crippen molar-refractivity contribution in [1.29, 1.82) is 0 Å². The Balaban J connectivity index is 1.79. The van der Waals surface area contributed by atoms with Crippen LogP contribution < -0.4 is 10.2 Å². The van der Waals surface area contributed by atoms with Gasteiger partial charge in [-0.05, 0) is 38.0 Å². The largest absolute Gasteiger partial charge is 0.356 e. The number of aromatic nitrogens is 1. The van der Waals surface area contributed by atoms with Crippen LogP contribution in [-0.2, 0) is 4.79 Å². The molecule has 4 nitrogen and oxygen atoms in total. The van der Waals surface area contributed by atoms with Crippen molar-refractivity contribution in [3.05, 3.63) is 24.0 Å². The molecular formula is C15H18FN3OS. The van der Waals surface area contributed by atoms with Gasteiger partial charge in [0, 0.05) is 19.6 Å². The van der Waals surface area contributed by atoms with Crippen LogP contribution in [0, 0.1) is 11.7 Å². The zero-order valence-corrected chi connectivity index (χ0v) is 12.8. The summed E-state index contributed by atoms with van der Waals surface area (Å²) in [4.78, 5) is 18.7. The number of nitrogens with zero attached hydrogens (tertiary/aromatic N) is 2. The number of halogens is 1. The Morgan fingerprint density at radius 1 is 1.57 bits per heavy atom. The third-order valence-electron chi connectivity index (χ3n) is 3.75. The van der Waals surface area contributed by atoms with Crippen LogP contribution in [0.1, 0.15) is 19.8 Å². The first kappa shape index (κ1) is 14.3. The molecular weight excluding hydrogens is 289 g/mol. The van der Waals surface area contributed by atoms with Crippen LogP contribution in [0.25, 0.3) is 10.2 Å². The van der Waals surface area contributed by atoms with E-state index < -0.39 is 0 Å². The van der Waals surface area contributed by atoms with Gasteiger partial charge in [0.05, 0.1) is 16.1 Å². The number of carbonyl (C=O) groups is 1. The van der Waals surface area contributed by atoms with Crippen LogP contribution in [0.4, 0.5) is 9.52 Å². The Morgan fingerprint density at radius 2 is 2.43 bits per heavy atom. The molecule has 0 radical (unpaired) electrons. The molecule has 1 aromatic carbocycles. The van der Waals surface area contributed by atoms with E-state index in [4.69, 9.17) is 0 Å². The molecule has 3 rings (SSSR count). The highest BCUT2D eigenvalue weighted by atomic mass is 32.1. The van der Waals surface area contributed by atoms with Crippen LogP contribution in [0.2, 0.25) is 0 Å². The number of carbonyl (C=O) groups excluding carboxylic acids is 1. The maximum atomic E-state index is 13.3. The van der Waals surface area contributed by atoms with Crippen LogP contribution in [0.3, 0.4) is 0 Å². The van der Waals surface area contributed by atoms with Gasteiger partial charge in [-0.1, -0.05) is 11.3 Å². The molecule has 0 spiro atoms. The first-order chi connectivity index (χ1) is 10.2. The lowest BCUT2D eigenvalue weighted by atomic mass is 9.97. The number of hydrogen-bond acceptors (Lipinski definition) is 4. The summed E-state index contributed by atoms with van der Waals surface area (Å²) in [5, 5.41) is 3.77. The van der Waals surface area contributed by atoms with E-state index in [1.807, 2.05) is 6.92 Å². The zero-order chi connectivity index (χ0) is 14.8. The normalized spacial score (nSPS) is 19.0. The minimum atomic E-state index is -0.239. The van der Waals surface area contributed by atoms with Gasteiger partial charge in [0.1, 0.15) is 5.82 Å². The Bertz CT molecular complexity index is 657. The van der Waals surface area contributed by atoms with Gasteiger partial charge < -0.3 is 10.2 Å². The van der Waals surface area contributed by atoms with Crippen molar-refractivity contribution in [2.45, 2.75) is 19.8 Å². The molecule has 2 heterocycles. The fourth-order valence-electron chi connectivity index (χ4n) is 2.71. The summed E-state index contributed by atoms with van der Waals surface area (Å²) in [7, 11) is 0. The lowest BCUT2D eigenvalue weighted by Crippen LogP contribution is -2.43. The molecule has 1 aliphatic heterocycles. The number of nitrogens with one attached hydrogen (secondary N) is 1. The van der Waals surface area contributed by atoms with Crippen LogP contribution in [-0.4, -0.2) is 30.5 Å². The lowest BCUT2D eigenvalue weighted by Gasteiger charge is -2.31. The van der Waals surface area contributed by atoms with Gasteiger partial charge in [-0.2, -0.15) is 0 Å². The summed E-state index contributed by atoms with van der Waals surface area (Å²) in [6.07, 6.45) is 1.90. The van der Waals surface area contributed by atoms with Crippen LogP contribution in [0.15, 0.2) is 18.2 Å². The molecule has 21 heavy (non-hydrogen) atoms. The molecule has 1 N–H and O–H groups in total. The standard InChI is InChI=1S/C15H18FN3OS/c1-2-17-14(20)10-4-3-7-19(9-10)15-18-12-6-5-11(16)8-13(12)21-15/h5-6,8,10H,2-4,7,9H2,1H3,(H,17,20). The van der Waals surface area contributed by atoms with E-state index in [-0.39, 0.29) is 17.6 Å². The number of thiazole rings is 1. The number of hydrogen-bond donors (Lipinski definition) is 1. The quantitative estimate of drug-likeness (QED) is 0.948. The van der Waals surface area contributed by atoms with Crippen molar-refractivity contribution in [3.8, 4) is 0 Å². The average molecular weight is 307 g/mol. The molecule has 2 aromatic rings. The molecule has 1 aliphatic rings. The minimum Gasteiger partial charge on any atom is -0.356 e. The van der Waals surface area contributed by atoms with Crippen molar-refractivity contribution in [1.82, 2.24) is 10.3 Å². The molecule has 0 saturated carbocycles. The van der Waals surface area contributed by atoms with E-state index in [0.29, 0.717) is 13.1 Å². The third kappa shape index (κ3) is 3.00. The summed E-state index contributed by atoms with van der Waals surface area (Å²) < 4.78 is 14.1. The summed E-state index contributed by atoms with van der Waals surface area (Å²) in [6.45, 7) is 4.18. The molecule has 1 amide bonds. The Hall–Kier alpha value is -1.69. The summed E-state index contributed by atoms with van der Waals surface area (Å²) in [5.41, 5.74) is 0.816. The van der Waals surface area contributed by atoms with E-state index in [0.717, 1.165) is 34.7 Å². The molecule has 0 bridgehead atoms. The first-order valence-corrected chi connectivity index (χ1v) is 8.07. The van der Waals surface area contributed by atoms with Gasteiger partial charge in [0.25, 0.3) is 0 Å². The highest BCUT2D eigenvalue weighted by molar-refractivity contribution is 7.22. The van der Waals surface area contributed by atoms with E-state index in [1.54, 1.807) is 6.07 Å². The number of fused-ring (bicyclic) bond motifs is 1. The number of anilines is 1. The highest BCUT2D eigenvalue weighted by Gasteiger charge is 2.27. The predicted molar refractivity (Wildman–Crippen MR) is 83.2 cm³/mol. The molecule has 1 unspecified atom stereocenters. The Kier molecular flexibility index (Phi) is 4.05. The molecule has 6 heteroatoms. The number of amides is 1. The molecule has 1 atom stereocenters. The smallest absolute Gasteiger partial charge is 0.224 e. The Labute approximate surface area is 127 Å². The minimum absolute atomic E-state index is 0.0162. The first-order valence-electron chi connectivity index (χ1n) is 7.26. The second kappa shape index (κ2) is 5.97. The van der Waals surface area contributed by atoms with Gasteiger partial charge in [-0.15, -0.1) is 0 Å². The third-order valence-corrected chi connectivity index (χ3v) is 4.83. The van der Waals surface area contributed by atoms with Gasteiger partial charge in [0.15, 0.2) is 5.13 Å². The van der Waals surface area contributed by atoms with E-state index in [2.05, 4.69) is 15.2 Å². The van der Waals surface area contributed by atoms with Crippen LogP contribution in [0.5, 0.6) is 0 Å². The molecule has 0 aliphatic carbocycles. The summed E-state index contributed by atoms with van der Waals surface area (Å²) in [5.74, 6) is -0.103. The zero-order valence-electron chi connectivity index (χ0n) is 11.9. The summed E-state index contributed by atoms with van der Waals surface area (Å²) in [6, 6.07) is 4.65. The monoisotopic (exact) mass is 307 g/mol. The second-order valence-electron chi connectivity index (χ2n) is 5.29. The van der Waals surface area contributed by atoms with Crippen molar-refractivity contribution >= 4 is 32.6 Å². The van der Waals surface area contributed by atoms with Crippen molar-refractivity contribution in [2.24, 2.45) is 5.92 Å². The molecule has 112 valence electrons. The lowest BCUT2D eigenvalue weighted by molar-refractivity contribution is -0.125. The number of rotatable bonds is 3. The topological polar surface area (TPSA) is 45.2 Å². The fourth-order valence-corrected chi connectivity index (χ4v) is 3.73. The highest BCUT2D eigenvalue weighted by Crippen LogP contribution is 2.31. The van der Waals surface area contributed by atoms with Gasteiger partial charge in [-0.3, -0.25) is 4.79 Å². The second-order valence-corrected chi connectivity index (χ2v) is 6.30. The van der Waals surface area contributed by atoms with Crippen molar-refractivity contribution in [2.75, 3.05) is 24.5 Å². The average Bonchev–Trinajstić information content (AvgIpc) is 2.90. The maximum absolute atomic E-state index is 13.3. The van der Waals surface area contributed by atoms with Crippen molar-refractivity contribution in [3.63, 3.8) is 0 Å².